The van der Waals surface area contributed by atoms with Gasteiger partial charge >= 0.3 is 0 Å². The van der Waals surface area contributed by atoms with Gasteiger partial charge in [0.05, 0.1) is 10.8 Å². The molecule has 0 aliphatic rings. The first-order valence-corrected chi connectivity index (χ1v) is 8.45. The molecule has 0 aromatic carbocycles. The molecule has 10 heteroatoms. The molecule has 7 nitrogen and oxygen atoms in total. The van der Waals surface area contributed by atoms with Gasteiger partial charge in [0.1, 0.15) is 5.00 Å². The number of nitrogens with two attached hydrogens (primary N) is 1. The quantitative estimate of drug-likeness (QED) is 0.691. The van der Waals surface area contributed by atoms with Crippen LogP contribution in [-0.2, 0) is 4.79 Å². The Balaban J connectivity index is 1.99. The molecule has 21 heavy (non-hydrogen) atoms. The van der Waals surface area contributed by atoms with Gasteiger partial charge in [-0.05, 0) is 18.4 Å². The Bertz CT molecular complexity index is 654. The second-order valence-corrected chi connectivity index (χ2v) is 7.38. The molecular formula is C11H13N5O2S3. The van der Waals surface area contributed by atoms with Gasteiger partial charge < -0.3 is 16.4 Å². The van der Waals surface area contributed by atoms with Crippen LogP contribution in [0.15, 0.2) is 15.8 Å². The zero-order chi connectivity index (χ0) is 15.4. The summed E-state index contributed by atoms with van der Waals surface area (Å²) in [6, 6.07) is 1.59. The molecule has 0 aliphatic heterocycles. The Hall–Kier alpha value is -1.65. The van der Waals surface area contributed by atoms with Crippen LogP contribution >= 0.6 is 34.4 Å². The third-order valence-electron chi connectivity index (χ3n) is 2.43. The Labute approximate surface area is 133 Å². The van der Waals surface area contributed by atoms with Crippen LogP contribution in [-0.4, -0.2) is 34.3 Å². The number of thiophene rings is 1. The minimum atomic E-state index is -0.561. The number of hydrogen-bond acceptors (Lipinski definition) is 8. The van der Waals surface area contributed by atoms with Gasteiger partial charge in [0.15, 0.2) is 4.34 Å². The van der Waals surface area contributed by atoms with Crippen molar-refractivity contribution in [2.75, 3.05) is 17.7 Å². The molecule has 2 amide bonds. The highest BCUT2D eigenvalue weighted by Crippen LogP contribution is 2.30. The minimum Gasteiger partial charge on any atom is -0.366 e. The number of hydrogen-bond donors (Lipinski definition) is 3. The SMILES string of the molecule is CNc1nnc(SC(C)C(=O)Nc2sccc2C(N)=O)s1. The van der Waals surface area contributed by atoms with Crippen LogP contribution in [0, 0.1) is 0 Å². The van der Waals surface area contributed by atoms with Crippen molar-refractivity contribution >= 4 is 56.4 Å². The van der Waals surface area contributed by atoms with E-state index in [0.717, 1.165) is 0 Å². The van der Waals surface area contributed by atoms with E-state index in [9.17, 15) is 9.59 Å². The maximum Gasteiger partial charge on any atom is 0.251 e. The zero-order valence-electron chi connectivity index (χ0n) is 11.2. The predicted octanol–water partition coefficient (Wildman–Crippen LogP) is 1.86. The van der Waals surface area contributed by atoms with Gasteiger partial charge in [-0.15, -0.1) is 21.5 Å². The Kier molecular flexibility index (Phi) is 5.15. The average molecular weight is 343 g/mol. The van der Waals surface area contributed by atoms with E-state index in [1.54, 1.807) is 25.4 Å². The Morgan fingerprint density at radius 2 is 2.19 bits per heavy atom. The van der Waals surface area contributed by atoms with E-state index in [0.29, 0.717) is 20.0 Å². The first kappa shape index (κ1) is 15.7. The highest BCUT2D eigenvalue weighted by molar-refractivity contribution is 8.02. The van der Waals surface area contributed by atoms with E-state index in [4.69, 9.17) is 5.73 Å². The monoisotopic (exact) mass is 343 g/mol. The van der Waals surface area contributed by atoms with Gasteiger partial charge in [-0.1, -0.05) is 23.1 Å². The molecule has 112 valence electrons. The van der Waals surface area contributed by atoms with Crippen LogP contribution in [0.3, 0.4) is 0 Å². The highest BCUT2D eigenvalue weighted by Gasteiger charge is 2.19. The lowest BCUT2D eigenvalue weighted by atomic mass is 10.3. The highest BCUT2D eigenvalue weighted by atomic mass is 32.2. The van der Waals surface area contributed by atoms with Crippen molar-refractivity contribution in [3.05, 3.63) is 17.0 Å². The summed E-state index contributed by atoms with van der Waals surface area (Å²) >= 11 is 3.94. The maximum atomic E-state index is 12.1. The number of nitrogens with zero attached hydrogens (tertiary/aromatic N) is 2. The minimum absolute atomic E-state index is 0.217. The number of aromatic nitrogens is 2. The van der Waals surface area contributed by atoms with Crippen LogP contribution in [0.1, 0.15) is 17.3 Å². The summed E-state index contributed by atoms with van der Waals surface area (Å²) in [6.07, 6.45) is 0. The average Bonchev–Trinajstić information content (AvgIpc) is 3.07. The summed E-state index contributed by atoms with van der Waals surface area (Å²) < 4.78 is 0.698. The van der Waals surface area contributed by atoms with Crippen LogP contribution < -0.4 is 16.4 Å². The molecule has 2 heterocycles. The van der Waals surface area contributed by atoms with Gasteiger partial charge in [0.2, 0.25) is 11.0 Å². The van der Waals surface area contributed by atoms with Crippen molar-refractivity contribution in [2.45, 2.75) is 16.5 Å². The van der Waals surface area contributed by atoms with Crippen molar-refractivity contribution in [1.82, 2.24) is 10.2 Å². The maximum absolute atomic E-state index is 12.1. The van der Waals surface area contributed by atoms with Crippen molar-refractivity contribution in [2.24, 2.45) is 5.73 Å². The molecule has 2 aromatic heterocycles. The molecule has 0 spiro atoms. The molecule has 2 aromatic rings. The fourth-order valence-electron chi connectivity index (χ4n) is 1.38. The molecule has 0 radical (unpaired) electrons. The van der Waals surface area contributed by atoms with Crippen molar-refractivity contribution in [1.29, 1.82) is 0 Å². The number of thioether (sulfide) groups is 1. The first-order chi connectivity index (χ1) is 10.0. The summed E-state index contributed by atoms with van der Waals surface area (Å²) in [5.41, 5.74) is 5.56. The van der Waals surface area contributed by atoms with E-state index < -0.39 is 5.91 Å². The lowest BCUT2D eigenvalue weighted by molar-refractivity contribution is -0.115. The van der Waals surface area contributed by atoms with E-state index in [1.807, 2.05) is 0 Å². The lowest BCUT2D eigenvalue weighted by Gasteiger charge is -2.09. The predicted molar refractivity (Wildman–Crippen MR) is 86.2 cm³/mol. The molecule has 1 atom stereocenters. The van der Waals surface area contributed by atoms with Crippen LogP contribution in [0.4, 0.5) is 10.1 Å². The fraction of sp³-hybridized carbons (Fsp3) is 0.273. The number of amides is 2. The second-order valence-electron chi connectivity index (χ2n) is 3.90. The Morgan fingerprint density at radius 3 is 2.81 bits per heavy atom. The molecule has 1 unspecified atom stereocenters. The van der Waals surface area contributed by atoms with Crippen molar-refractivity contribution < 1.29 is 9.59 Å². The number of carbonyl (C=O) groups excluding carboxylic acids is 2. The molecule has 0 saturated carbocycles. The van der Waals surface area contributed by atoms with E-state index >= 15 is 0 Å². The topological polar surface area (TPSA) is 110 Å². The normalized spacial score (nSPS) is 11.9. The Morgan fingerprint density at radius 1 is 1.43 bits per heavy atom. The molecule has 2 rings (SSSR count). The standard InChI is InChI=1S/C11H13N5O2S3/c1-5(20-11-16-15-10(13-2)21-11)8(18)14-9-6(7(12)17)3-4-19-9/h3-5H,1-2H3,(H2,12,17)(H,13,15)(H,14,18). The molecule has 0 saturated heterocycles. The summed E-state index contributed by atoms with van der Waals surface area (Å²) in [4.78, 5) is 23.3. The zero-order valence-corrected chi connectivity index (χ0v) is 13.7. The van der Waals surface area contributed by atoms with Gasteiger partial charge in [-0.2, -0.15) is 0 Å². The number of primary amides is 1. The molecular weight excluding hydrogens is 330 g/mol. The van der Waals surface area contributed by atoms with Gasteiger partial charge in [0, 0.05) is 7.05 Å². The van der Waals surface area contributed by atoms with E-state index in [2.05, 4.69) is 20.8 Å². The second kappa shape index (κ2) is 6.87. The number of nitrogens with one attached hydrogen (secondary N) is 2. The van der Waals surface area contributed by atoms with Crippen LogP contribution in [0.5, 0.6) is 0 Å². The molecule has 0 aliphatic carbocycles. The van der Waals surface area contributed by atoms with Crippen LogP contribution in [0.25, 0.3) is 0 Å². The third kappa shape index (κ3) is 3.93. The number of rotatable bonds is 6. The van der Waals surface area contributed by atoms with Crippen LogP contribution in [0.2, 0.25) is 0 Å². The fourth-order valence-corrected chi connectivity index (χ4v) is 4.02. The van der Waals surface area contributed by atoms with Crippen molar-refractivity contribution in [3.63, 3.8) is 0 Å². The van der Waals surface area contributed by atoms with Gasteiger partial charge in [-0.3, -0.25) is 9.59 Å². The molecule has 0 bridgehead atoms. The smallest absolute Gasteiger partial charge is 0.251 e. The summed E-state index contributed by atoms with van der Waals surface area (Å²) in [5.74, 6) is -0.777. The van der Waals surface area contributed by atoms with E-state index in [1.165, 1.54) is 34.4 Å². The summed E-state index contributed by atoms with van der Waals surface area (Å²) in [7, 11) is 1.76. The largest absolute Gasteiger partial charge is 0.366 e. The van der Waals surface area contributed by atoms with Gasteiger partial charge in [0.25, 0.3) is 5.91 Å². The lowest BCUT2D eigenvalue weighted by Crippen LogP contribution is -2.23. The van der Waals surface area contributed by atoms with E-state index in [-0.39, 0.29) is 11.2 Å². The molecule has 0 fully saturated rings. The van der Waals surface area contributed by atoms with Crippen molar-refractivity contribution in [3.8, 4) is 0 Å². The number of anilines is 2. The third-order valence-corrected chi connectivity index (χ3v) is 5.39. The summed E-state index contributed by atoms with van der Waals surface area (Å²) in [6.45, 7) is 1.76. The first-order valence-electron chi connectivity index (χ1n) is 5.87. The number of carbonyl (C=O) groups is 2. The molecule has 4 N–H and O–H groups in total. The summed E-state index contributed by atoms with van der Waals surface area (Å²) in [5, 5.41) is 16.0. The van der Waals surface area contributed by atoms with Gasteiger partial charge in [-0.25, -0.2) is 0 Å².